The average molecular weight is 394 g/mol. The third kappa shape index (κ3) is 6.79. The molecule has 2 aromatic rings. The first-order valence-electron chi connectivity index (χ1n) is 8.70. The molecule has 0 bridgehead atoms. The Kier molecular flexibility index (Phi) is 7.54. The van der Waals surface area contributed by atoms with Gasteiger partial charge in [-0.1, -0.05) is 42.5 Å². The summed E-state index contributed by atoms with van der Waals surface area (Å²) in [6.07, 6.45) is -0.813. The topological polar surface area (TPSA) is 121 Å². The van der Waals surface area contributed by atoms with Crippen LogP contribution in [0.15, 0.2) is 42.5 Å². The molecular formula is C19H23O7P. The molecule has 2 unspecified atom stereocenters. The first kappa shape index (κ1) is 21.1. The molecule has 0 saturated heterocycles. The Morgan fingerprint density at radius 1 is 1.04 bits per heavy atom. The first-order chi connectivity index (χ1) is 12.8. The number of aryl methyl sites for hydroxylation is 1. The van der Waals surface area contributed by atoms with Crippen LogP contribution in [0.2, 0.25) is 0 Å². The van der Waals surface area contributed by atoms with Gasteiger partial charge in [0.05, 0.1) is 6.16 Å². The fourth-order valence-electron chi connectivity index (χ4n) is 2.86. The molecule has 0 aliphatic heterocycles. The van der Waals surface area contributed by atoms with Crippen LogP contribution in [-0.4, -0.2) is 39.3 Å². The van der Waals surface area contributed by atoms with Gasteiger partial charge in [-0.15, -0.1) is 0 Å². The molecule has 0 aliphatic rings. The fourth-order valence-corrected chi connectivity index (χ4v) is 4.19. The monoisotopic (exact) mass is 394 g/mol. The van der Waals surface area contributed by atoms with Crippen molar-refractivity contribution < 1.29 is 33.8 Å². The normalized spacial score (nSPS) is 14.6. The lowest BCUT2D eigenvalue weighted by atomic mass is 10.0. The molecule has 2 rings (SSSR count). The Morgan fingerprint density at radius 3 is 2.44 bits per heavy atom. The van der Waals surface area contributed by atoms with Crippen molar-refractivity contribution in [3.05, 3.63) is 48.0 Å². The Bertz CT molecular complexity index is 844. The SMILES string of the molecule is O=C(O)CCC(OP(=O)(O)CCCCc1cccc2ccccc12)C(=O)O. The van der Waals surface area contributed by atoms with Crippen LogP contribution in [0.25, 0.3) is 10.8 Å². The van der Waals surface area contributed by atoms with Crippen LogP contribution in [0, 0.1) is 0 Å². The van der Waals surface area contributed by atoms with Gasteiger partial charge in [0.25, 0.3) is 0 Å². The maximum Gasteiger partial charge on any atom is 0.333 e. The summed E-state index contributed by atoms with van der Waals surface area (Å²) >= 11 is 0. The Balaban J connectivity index is 1.86. The van der Waals surface area contributed by atoms with Crippen molar-refractivity contribution in [3.63, 3.8) is 0 Å². The number of hydrogen-bond acceptors (Lipinski definition) is 4. The molecule has 7 nitrogen and oxygen atoms in total. The fraction of sp³-hybridized carbons (Fsp3) is 0.368. The van der Waals surface area contributed by atoms with E-state index < -0.39 is 32.1 Å². The van der Waals surface area contributed by atoms with Gasteiger partial charge in [-0.05, 0) is 42.0 Å². The highest BCUT2D eigenvalue weighted by molar-refractivity contribution is 7.52. The molecule has 0 saturated carbocycles. The van der Waals surface area contributed by atoms with Crippen LogP contribution in [0.3, 0.4) is 0 Å². The number of aliphatic carboxylic acids is 2. The van der Waals surface area contributed by atoms with Gasteiger partial charge >= 0.3 is 19.5 Å². The minimum atomic E-state index is -4.11. The van der Waals surface area contributed by atoms with Crippen molar-refractivity contribution >= 4 is 30.3 Å². The third-order valence-electron chi connectivity index (χ3n) is 4.20. The lowest BCUT2D eigenvalue weighted by molar-refractivity contribution is -0.146. The van der Waals surface area contributed by atoms with Crippen LogP contribution in [0.1, 0.15) is 31.2 Å². The predicted molar refractivity (Wildman–Crippen MR) is 101 cm³/mol. The molecule has 0 radical (unpaired) electrons. The van der Waals surface area contributed by atoms with Crippen molar-refractivity contribution in [2.24, 2.45) is 0 Å². The standard InChI is InChI=1S/C19H23O7P/c20-18(21)12-11-17(19(22)23)26-27(24,25)13-4-3-7-15-9-5-8-14-6-1-2-10-16(14)15/h1-2,5-6,8-10,17H,3-4,7,11-13H2,(H,20,21)(H,22,23)(H,24,25). The molecule has 0 spiro atoms. The van der Waals surface area contributed by atoms with E-state index in [1.165, 1.54) is 0 Å². The van der Waals surface area contributed by atoms with E-state index in [2.05, 4.69) is 0 Å². The summed E-state index contributed by atoms with van der Waals surface area (Å²) in [5.74, 6) is -2.63. The average Bonchev–Trinajstić information content (AvgIpc) is 2.62. The van der Waals surface area contributed by atoms with E-state index in [1.54, 1.807) is 0 Å². The van der Waals surface area contributed by atoms with Crippen molar-refractivity contribution in [1.82, 2.24) is 0 Å². The highest BCUT2D eigenvalue weighted by atomic mass is 31.2. The van der Waals surface area contributed by atoms with Gasteiger partial charge < -0.3 is 15.1 Å². The zero-order valence-electron chi connectivity index (χ0n) is 14.8. The number of unbranched alkanes of at least 4 members (excludes halogenated alkanes) is 1. The Hall–Kier alpha value is -2.21. The maximum absolute atomic E-state index is 12.1. The Morgan fingerprint density at radius 2 is 1.74 bits per heavy atom. The smallest absolute Gasteiger partial charge is 0.333 e. The van der Waals surface area contributed by atoms with Crippen molar-refractivity contribution in [3.8, 4) is 0 Å². The number of hydrogen-bond donors (Lipinski definition) is 3. The van der Waals surface area contributed by atoms with Gasteiger partial charge in [-0.2, -0.15) is 0 Å². The minimum Gasteiger partial charge on any atom is -0.481 e. The second-order valence-electron chi connectivity index (χ2n) is 6.32. The quantitative estimate of drug-likeness (QED) is 0.393. The van der Waals surface area contributed by atoms with E-state index in [0.717, 1.165) is 22.8 Å². The minimum absolute atomic E-state index is 0.172. The van der Waals surface area contributed by atoms with Crippen LogP contribution < -0.4 is 0 Å². The molecule has 0 fully saturated rings. The highest BCUT2D eigenvalue weighted by Gasteiger charge is 2.29. The van der Waals surface area contributed by atoms with E-state index in [-0.39, 0.29) is 12.6 Å². The van der Waals surface area contributed by atoms with E-state index in [0.29, 0.717) is 12.8 Å². The van der Waals surface area contributed by atoms with Crippen molar-refractivity contribution in [2.45, 2.75) is 38.2 Å². The molecular weight excluding hydrogens is 371 g/mol. The number of carboxylic acids is 2. The summed E-state index contributed by atoms with van der Waals surface area (Å²) in [6, 6.07) is 14.0. The maximum atomic E-state index is 12.1. The number of fused-ring (bicyclic) bond motifs is 1. The van der Waals surface area contributed by atoms with Gasteiger partial charge in [0.15, 0.2) is 6.10 Å². The molecule has 0 heterocycles. The van der Waals surface area contributed by atoms with Crippen LogP contribution >= 0.6 is 7.60 Å². The van der Waals surface area contributed by atoms with Gasteiger partial charge in [0, 0.05) is 6.42 Å². The summed E-state index contributed by atoms with van der Waals surface area (Å²) in [7, 11) is -4.11. The van der Waals surface area contributed by atoms with Gasteiger partial charge in [0.2, 0.25) is 0 Å². The lowest BCUT2D eigenvalue weighted by Crippen LogP contribution is -2.24. The number of rotatable bonds is 11. The van der Waals surface area contributed by atoms with Crippen LogP contribution in [-0.2, 0) is 25.1 Å². The number of carbonyl (C=O) groups is 2. The largest absolute Gasteiger partial charge is 0.481 e. The summed E-state index contributed by atoms with van der Waals surface area (Å²) in [6.45, 7) is 0. The van der Waals surface area contributed by atoms with Crippen LogP contribution in [0.4, 0.5) is 0 Å². The summed E-state index contributed by atoms with van der Waals surface area (Å²) in [4.78, 5) is 31.5. The molecule has 0 aliphatic carbocycles. The van der Waals surface area contributed by atoms with Gasteiger partial charge in [0.1, 0.15) is 0 Å². The van der Waals surface area contributed by atoms with Crippen molar-refractivity contribution in [2.75, 3.05) is 6.16 Å². The highest BCUT2D eigenvalue weighted by Crippen LogP contribution is 2.45. The second kappa shape index (κ2) is 9.65. The molecule has 2 aromatic carbocycles. The molecule has 0 aromatic heterocycles. The first-order valence-corrected chi connectivity index (χ1v) is 10.5. The summed E-state index contributed by atoms with van der Waals surface area (Å²) in [5.41, 5.74) is 1.15. The molecule has 146 valence electrons. The zero-order chi connectivity index (χ0) is 19.9. The van der Waals surface area contributed by atoms with Crippen molar-refractivity contribution in [1.29, 1.82) is 0 Å². The molecule has 27 heavy (non-hydrogen) atoms. The van der Waals surface area contributed by atoms with Crippen LogP contribution in [0.5, 0.6) is 0 Å². The van der Waals surface area contributed by atoms with Gasteiger partial charge in [-0.3, -0.25) is 13.9 Å². The second-order valence-corrected chi connectivity index (χ2v) is 8.25. The lowest BCUT2D eigenvalue weighted by Gasteiger charge is -2.17. The van der Waals surface area contributed by atoms with E-state index in [4.69, 9.17) is 14.7 Å². The molecule has 2 atom stereocenters. The zero-order valence-corrected chi connectivity index (χ0v) is 15.7. The summed E-state index contributed by atoms with van der Waals surface area (Å²) in [5, 5.41) is 19.9. The molecule has 8 heteroatoms. The van der Waals surface area contributed by atoms with E-state index in [1.807, 2.05) is 42.5 Å². The Labute approximate surface area is 157 Å². The summed E-state index contributed by atoms with van der Waals surface area (Å²) < 4.78 is 16.9. The molecule has 0 amide bonds. The number of carboxylic acid groups (broad SMARTS) is 2. The predicted octanol–water partition coefficient (Wildman–Crippen LogP) is 3.68. The van der Waals surface area contributed by atoms with E-state index >= 15 is 0 Å². The molecule has 3 N–H and O–H groups in total. The third-order valence-corrected chi connectivity index (χ3v) is 5.67. The number of benzene rings is 2. The van der Waals surface area contributed by atoms with Gasteiger partial charge in [-0.25, -0.2) is 4.79 Å². The van der Waals surface area contributed by atoms with E-state index in [9.17, 15) is 19.0 Å².